The van der Waals surface area contributed by atoms with Crippen LogP contribution in [0.4, 0.5) is 0 Å². The van der Waals surface area contributed by atoms with E-state index in [1.54, 1.807) is 6.92 Å². The summed E-state index contributed by atoms with van der Waals surface area (Å²) in [5, 5.41) is 9.08. The summed E-state index contributed by atoms with van der Waals surface area (Å²) in [6, 6.07) is 0. The zero-order valence-corrected chi connectivity index (χ0v) is 9.45. The van der Waals surface area contributed by atoms with Crippen LogP contribution in [0.2, 0.25) is 0 Å². The van der Waals surface area contributed by atoms with E-state index < -0.39 is 17.4 Å². The molecule has 15 heavy (non-hydrogen) atoms. The normalized spacial score (nSPS) is 28.9. The molecule has 86 valence electrons. The molecule has 0 aliphatic heterocycles. The number of rotatable bonds is 5. The predicted molar refractivity (Wildman–Crippen MR) is 54.3 cm³/mol. The molecule has 4 nitrogen and oxygen atoms in total. The summed E-state index contributed by atoms with van der Waals surface area (Å²) in [6.45, 7) is 5.97. The van der Waals surface area contributed by atoms with Crippen LogP contribution in [0.3, 0.4) is 0 Å². The minimum atomic E-state index is -1.24. The highest BCUT2D eigenvalue weighted by Crippen LogP contribution is 2.56. The molecule has 1 saturated carbocycles. The van der Waals surface area contributed by atoms with Gasteiger partial charge in [0.15, 0.2) is 5.41 Å². The molecule has 1 fully saturated rings. The number of carbonyl (C=O) groups is 2. The summed E-state index contributed by atoms with van der Waals surface area (Å²) in [5.74, 6) is -1.24. The molecule has 0 aromatic heterocycles. The standard InChI is InChI=1S/C11H18O4/c1-4-15-10(14)11(9(12)13)6-8(11)5-7(2)3/h7-8H,4-6H2,1-3H3,(H,12,13). The van der Waals surface area contributed by atoms with E-state index in [9.17, 15) is 9.59 Å². The van der Waals surface area contributed by atoms with Crippen molar-refractivity contribution in [1.82, 2.24) is 0 Å². The van der Waals surface area contributed by atoms with Gasteiger partial charge < -0.3 is 9.84 Å². The number of hydrogen-bond donors (Lipinski definition) is 1. The molecule has 1 aliphatic rings. The molecule has 1 aliphatic carbocycles. The van der Waals surface area contributed by atoms with Gasteiger partial charge in [0.1, 0.15) is 0 Å². The average molecular weight is 214 g/mol. The Hall–Kier alpha value is -1.06. The largest absolute Gasteiger partial charge is 0.480 e. The number of esters is 1. The molecule has 0 heterocycles. The summed E-state index contributed by atoms with van der Waals surface area (Å²) in [4.78, 5) is 22.6. The van der Waals surface area contributed by atoms with Crippen LogP contribution in [0.1, 0.15) is 33.6 Å². The maximum Gasteiger partial charge on any atom is 0.323 e. The lowest BCUT2D eigenvalue weighted by molar-refractivity contribution is -0.161. The summed E-state index contributed by atoms with van der Waals surface area (Å²) < 4.78 is 4.82. The molecule has 0 radical (unpaired) electrons. The van der Waals surface area contributed by atoms with Crippen molar-refractivity contribution >= 4 is 11.9 Å². The number of carboxylic acid groups (broad SMARTS) is 1. The Morgan fingerprint density at radius 3 is 2.53 bits per heavy atom. The van der Waals surface area contributed by atoms with Gasteiger partial charge >= 0.3 is 11.9 Å². The molecule has 1 N–H and O–H groups in total. The fourth-order valence-corrected chi connectivity index (χ4v) is 2.04. The van der Waals surface area contributed by atoms with Gasteiger partial charge in [-0.25, -0.2) is 0 Å². The molecule has 4 heteroatoms. The van der Waals surface area contributed by atoms with Crippen molar-refractivity contribution in [3.05, 3.63) is 0 Å². The van der Waals surface area contributed by atoms with E-state index in [0.717, 1.165) is 6.42 Å². The van der Waals surface area contributed by atoms with Crippen molar-refractivity contribution in [2.24, 2.45) is 17.3 Å². The summed E-state index contributed by atoms with van der Waals surface area (Å²) in [5.41, 5.74) is -1.24. The van der Waals surface area contributed by atoms with Gasteiger partial charge in [-0.15, -0.1) is 0 Å². The Kier molecular flexibility index (Phi) is 3.37. The molecular weight excluding hydrogens is 196 g/mol. The lowest BCUT2D eigenvalue weighted by Gasteiger charge is -2.12. The number of hydrogen-bond acceptors (Lipinski definition) is 3. The van der Waals surface area contributed by atoms with Crippen LogP contribution in [0.25, 0.3) is 0 Å². The van der Waals surface area contributed by atoms with Crippen molar-refractivity contribution in [2.45, 2.75) is 33.6 Å². The zero-order valence-electron chi connectivity index (χ0n) is 9.45. The molecule has 0 bridgehead atoms. The third-order valence-electron chi connectivity index (χ3n) is 2.88. The molecule has 0 saturated heterocycles. The molecule has 0 aromatic carbocycles. The van der Waals surface area contributed by atoms with Gasteiger partial charge in [-0.05, 0) is 31.6 Å². The lowest BCUT2D eigenvalue weighted by Crippen LogP contribution is -2.30. The summed E-state index contributed by atoms with van der Waals surface area (Å²) in [7, 11) is 0. The van der Waals surface area contributed by atoms with Gasteiger partial charge in [-0.1, -0.05) is 13.8 Å². The van der Waals surface area contributed by atoms with Gasteiger partial charge in [0.25, 0.3) is 0 Å². The van der Waals surface area contributed by atoms with Crippen molar-refractivity contribution in [3.8, 4) is 0 Å². The first-order valence-corrected chi connectivity index (χ1v) is 5.35. The van der Waals surface area contributed by atoms with E-state index >= 15 is 0 Å². The van der Waals surface area contributed by atoms with Crippen LogP contribution < -0.4 is 0 Å². The second kappa shape index (κ2) is 4.21. The smallest absolute Gasteiger partial charge is 0.323 e. The van der Waals surface area contributed by atoms with Crippen LogP contribution in [-0.2, 0) is 14.3 Å². The number of carboxylic acids is 1. The highest BCUT2D eigenvalue weighted by atomic mass is 16.5. The summed E-state index contributed by atoms with van der Waals surface area (Å²) in [6.07, 6.45) is 1.20. The molecule has 2 atom stereocenters. The monoisotopic (exact) mass is 214 g/mol. The van der Waals surface area contributed by atoms with Crippen LogP contribution in [0.15, 0.2) is 0 Å². The highest BCUT2D eigenvalue weighted by molar-refractivity contribution is 6.03. The quantitative estimate of drug-likeness (QED) is 0.558. The molecule has 2 unspecified atom stereocenters. The summed E-state index contributed by atoms with van der Waals surface area (Å²) >= 11 is 0. The molecule has 0 amide bonds. The van der Waals surface area contributed by atoms with Crippen LogP contribution in [0, 0.1) is 17.3 Å². The Morgan fingerprint density at radius 1 is 1.53 bits per heavy atom. The van der Waals surface area contributed by atoms with Crippen molar-refractivity contribution < 1.29 is 19.4 Å². The van der Waals surface area contributed by atoms with E-state index in [1.807, 2.05) is 13.8 Å². The first-order chi connectivity index (χ1) is 6.95. The van der Waals surface area contributed by atoms with Gasteiger partial charge in [-0.2, -0.15) is 0 Å². The third-order valence-corrected chi connectivity index (χ3v) is 2.88. The second-order valence-electron chi connectivity index (χ2n) is 4.53. The van der Waals surface area contributed by atoms with Gasteiger partial charge in [0.05, 0.1) is 6.61 Å². The SMILES string of the molecule is CCOC(=O)C1(C(=O)O)CC1CC(C)C. The molecule has 0 spiro atoms. The average Bonchev–Trinajstić information content (AvgIpc) is 2.79. The Labute approximate surface area is 89.6 Å². The van der Waals surface area contributed by atoms with Crippen molar-refractivity contribution in [2.75, 3.05) is 6.61 Å². The zero-order chi connectivity index (χ0) is 11.6. The van der Waals surface area contributed by atoms with E-state index in [0.29, 0.717) is 12.3 Å². The topological polar surface area (TPSA) is 63.6 Å². The Bertz CT molecular complexity index is 272. The first-order valence-electron chi connectivity index (χ1n) is 5.35. The number of aliphatic carboxylic acids is 1. The maximum atomic E-state index is 11.6. The van der Waals surface area contributed by atoms with Gasteiger partial charge in [0.2, 0.25) is 0 Å². The van der Waals surface area contributed by atoms with Crippen LogP contribution >= 0.6 is 0 Å². The second-order valence-corrected chi connectivity index (χ2v) is 4.53. The van der Waals surface area contributed by atoms with E-state index in [1.165, 1.54) is 0 Å². The number of ether oxygens (including phenoxy) is 1. The lowest BCUT2D eigenvalue weighted by atomic mass is 9.98. The van der Waals surface area contributed by atoms with Crippen molar-refractivity contribution in [1.29, 1.82) is 0 Å². The fourth-order valence-electron chi connectivity index (χ4n) is 2.04. The van der Waals surface area contributed by atoms with Gasteiger partial charge in [-0.3, -0.25) is 9.59 Å². The van der Waals surface area contributed by atoms with E-state index in [4.69, 9.17) is 9.84 Å². The molecule has 0 aromatic rings. The van der Waals surface area contributed by atoms with Crippen LogP contribution in [-0.4, -0.2) is 23.7 Å². The minimum Gasteiger partial charge on any atom is -0.480 e. The maximum absolute atomic E-state index is 11.6. The molecule has 1 rings (SSSR count). The molecular formula is C11H18O4. The van der Waals surface area contributed by atoms with E-state index in [2.05, 4.69) is 0 Å². The third kappa shape index (κ3) is 2.13. The van der Waals surface area contributed by atoms with Crippen LogP contribution in [0.5, 0.6) is 0 Å². The first kappa shape index (κ1) is 12.0. The van der Waals surface area contributed by atoms with Crippen molar-refractivity contribution in [3.63, 3.8) is 0 Å². The Morgan fingerprint density at radius 2 is 2.13 bits per heavy atom. The Balaban J connectivity index is 2.69. The van der Waals surface area contributed by atoms with Gasteiger partial charge in [0, 0.05) is 0 Å². The fraction of sp³-hybridized carbons (Fsp3) is 0.818. The number of carbonyl (C=O) groups excluding carboxylic acids is 1. The predicted octanol–water partition coefficient (Wildman–Crippen LogP) is 1.69. The minimum absolute atomic E-state index is 0.0472. The highest BCUT2D eigenvalue weighted by Gasteiger charge is 2.67. The van der Waals surface area contributed by atoms with E-state index in [-0.39, 0.29) is 12.5 Å².